The van der Waals surface area contributed by atoms with Crippen molar-refractivity contribution in [3.05, 3.63) is 88.9 Å². The van der Waals surface area contributed by atoms with Crippen molar-refractivity contribution in [2.24, 2.45) is 0 Å². The van der Waals surface area contributed by atoms with Crippen molar-refractivity contribution in [1.82, 2.24) is 0 Å². The third kappa shape index (κ3) is 6.59. The van der Waals surface area contributed by atoms with Gasteiger partial charge in [0.15, 0.2) is 6.10 Å². The first-order valence-corrected chi connectivity index (χ1v) is 11.3. The number of halogens is 1. The van der Waals surface area contributed by atoms with E-state index in [1.54, 1.807) is 48.5 Å². The fraction of sp³-hybridized carbons (Fsp3) is 0.259. The Hall–Kier alpha value is -3.31. The zero-order chi connectivity index (χ0) is 24.0. The van der Waals surface area contributed by atoms with Crippen LogP contribution in [0.4, 0.5) is 11.4 Å². The Labute approximate surface area is 200 Å². The maximum Gasteiger partial charge on any atom is 0.265 e. The SMILES string of the molecule is CC[C@H](Oc1ccccc1Cl)C(=O)Nc1cccc(NC(=O)c2ccc(C(C)(C)C)cc2)c1. The molecule has 0 spiro atoms. The van der Waals surface area contributed by atoms with Gasteiger partial charge in [-0.1, -0.05) is 69.6 Å². The maximum absolute atomic E-state index is 12.8. The standard InChI is InChI=1S/C27H29ClN2O3/c1-5-23(33-24-12-7-6-11-22(24)28)26(32)30-21-10-8-9-20(17-21)29-25(31)18-13-15-19(16-14-18)27(2,3)4/h6-17,23H,5H2,1-4H3,(H,29,31)(H,30,32)/t23-/m0/s1. The zero-order valence-electron chi connectivity index (χ0n) is 19.3. The number of ether oxygens (including phenoxy) is 1. The first-order valence-electron chi connectivity index (χ1n) is 10.9. The van der Waals surface area contributed by atoms with Gasteiger partial charge in [-0.05, 0) is 59.9 Å². The Morgan fingerprint density at radius 2 is 1.55 bits per heavy atom. The highest BCUT2D eigenvalue weighted by Gasteiger charge is 2.20. The molecular formula is C27H29ClN2O3. The van der Waals surface area contributed by atoms with E-state index in [0.717, 1.165) is 5.56 Å². The van der Waals surface area contributed by atoms with Crippen LogP contribution in [0.5, 0.6) is 5.75 Å². The summed E-state index contributed by atoms with van der Waals surface area (Å²) >= 11 is 6.14. The largest absolute Gasteiger partial charge is 0.479 e. The molecule has 0 unspecified atom stereocenters. The summed E-state index contributed by atoms with van der Waals surface area (Å²) in [5, 5.41) is 6.18. The monoisotopic (exact) mass is 464 g/mol. The van der Waals surface area contributed by atoms with Crippen LogP contribution in [0.3, 0.4) is 0 Å². The fourth-order valence-corrected chi connectivity index (χ4v) is 3.42. The second-order valence-electron chi connectivity index (χ2n) is 8.80. The van der Waals surface area contributed by atoms with Crippen LogP contribution in [-0.4, -0.2) is 17.9 Å². The second-order valence-corrected chi connectivity index (χ2v) is 9.20. The Bertz CT molecular complexity index is 1120. The molecular weight excluding hydrogens is 436 g/mol. The van der Waals surface area contributed by atoms with Crippen LogP contribution in [0.1, 0.15) is 50.0 Å². The van der Waals surface area contributed by atoms with Gasteiger partial charge in [-0.25, -0.2) is 0 Å². The molecule has 3 aromatic carbocycles. The molecule has 0 aliphatic carbocycles. The fourth-order valence-electron chi connectivity index (χ4n) is 3.24. The van der Waals surface area contributed by atoms with Gasteiger partial charge < -0.3 is 15.4 Å². The van der Waals surface area contributed by atoms with Gasteiger partial charge in [-0.3, -0.25) is 9.59 Å². The molecule has 172 valence electrons. The number of amides is 2. The van der Waals surface area contributed by atoms with Crippen LogP contribution >= 0.6 is 11.6 Å². The Morgan fingerprint density at radius 1 is 0.909 bits per heavy atom. The molecule has 0 saturated heterocycles. The van der Waals surface area contributed by atoms with Gasteiger partial charge in [0, 0.05) is 16.9 Å². The van der Waals surface area contributed by atoms with Crippen molar-refractivity contribution >= 4 is 34.8 Å². The highest BCUT2D eigenvalue weighted by Crippen LogP contribution is 2.26. The number of benzene rings is 3. The summed E-state index contributed by atoms with van der Waals surface area (Å²) in [6.07, 6.45) is -0.234. The molecule has 6 heteroatoms. The summed E-state index contributed by atoms with van der Waals surface area (Å²) in [6, 6.07) is 21.6. The lowest BCUT2D eigenvalue weighted by Crippen LogP contribution is -2.32. The van der Waals surface area contributed by atoms with E-state index in [0.29, 0.717) is 34.1 Å². The van der Waals surface area contributed by atoms with Gasteiger partial charge in [-0.2, -0.15) is 0 Å². The van der Waals surface area contributed by atoms with E-state index in [1.807, 2.05) is 31.2 Å². The molecule has 0 fully saturated rings. The molecule has 0 aromatic heterocycles. The van der Waals surface area contributed by atoms with Crippen LogP contribution in [0.2, 0.25) is 5.02 Å². The number of carbonyl (C=O) groups excluding carboxylic acids is 2. The summed E-state index contributed by atoms with van der Waals surface area (Å²) in [5.74, 6) is -0.0502. The van der Waals surface area contributed by atoms with Crippen molar-refractivity contribution < 1.29 is 14.3 Å². The summed E-state index contributed by atoms with van der Waals surface area (Å²) in [4.78, 5) is 25.4. The number of rotatable bonds is 7. The topological polar surface area (TPSA) is 67.4 Å². The molecule has 2 amide bonds. The van der Waals surface area contributed by atoms with E-state index >= 15 is 0 Å². The summed E-state index contributed by atoms with van der Waals surface area (Å²) < 4.78 is 5.80. The molecule has 0 heterocycles. The van der Waals surface area contributed by atoms with E-state index in [1.165, 1.54) is 0 Å². The predicted molar refractivity (Wildman–Crippen MR) is 134 cm³/mol. The average molecular weight is 465 g/mol. The van der Waals surface area contributed by atoms with Crippen LogP contribution in [0.15, 0.2) is 72.8 Å². The Kier molecular flexibility index (Phi) is 7.77. The zero-order valence-corrected chi connectivity index (χ0v) is 20.1. The van der Waals surface area contributed by atoms with E-state index < -0.39 is 6.10 Å². The van der Waals surface area contributed by atoms with Crippen molar-refractivity contribution in [2.75, 3.05) is 10.6 Å². The van der Waals surface area contributed by atoms with Crippen LogP contribution in [0, 0.1) is 0 Å². The lowest BCUT2D eigenvalue weighted by molar-refractivity contribution is -0.122. The van der Waals surface area contributed by atoms with Crippen molar-refractivity contribution in [3.63, 3.8) is 0 Å². The van der Waals surface area contributed by atoms with E-state index in [9.17, 15) is 9.59 Å². The van der Waals surface area contributed by atoms with E-state index in [2.05, 4.69) is 31.4 Å². The van der Waals surface area contributed by atoms with Gasteiger partial charge in [-0.15, -0.1) is 0 Å². The second kappa shape index (κ2) is 10.5. The highest BCUT2D eigenvalue weighted by molar-refractivity contribution is 6.32. The third-order valence-corrected chi connectivity index (χ3v) is 5.48. The third-order valence-electron chi connectivity index (χ3n) is 5.17. The van der Waals surface area contributed by atoms with Gasteiger partial charge in [0.1, 0.15) is 5.75 Å². The molecule has 5 nitrogen and oxygen atoms in total. The molecule has 0 bridgehead atoms. The average Bonchev–Trinajstić information content (AvgIpc) is 2.78. The van der Waals surface area contributed by atoms with E-state index in [-0.39, 0.29) is 17.2 Å². The normalized spacial score (nSPS) is 12.0. The summed E-state index contributed by atoms with van der Waals surface area (Å²) in [6.45, 7) is 8.25. The minimum atomic E-state index is -0.704. The minimum absolute atomic E-state index is 0.0213. The van der Waals surface area contributed by atoms with Gasteiger partial charge in [0.05, 0.1) is 5.02 Å². The number of nitrogens with one attached hydrogen (secondary N) is 2. The number of para-hydroxylation sites is 1. The number of hydrogen-bond acceptors (Lipinski definition) is 3. The Morgan fingerprint density at radius 3 is 2.15 bits per heavy atom. The summed E-state index contributed by atoms with van der Waals surface area (Å²) in [5.41, 5.74) is 2.89. The molecule has 3 rings (SSSR count). The van der Waals surface area contributed by atoms with Gasteiger partial charge in [0.25, 0.3) is 11.8 Å². The lowest BCUT2D eigenvalue weighted by Gasteiger charge is -2.19. The van der Waals surface area contributed by atoms with Crippen LogP contribution < -0.4 is 15.4 Å². The molecule has 1 atom stereocenters. The van der Waals surface area contributed by atoms with Gasteiger partial charge in [0.2, 0.25) is 0 Å². The number of carbonyl (C=O) groups is 2. The molecule has 3 aromatic rings. The highest BCUT2D eigenvalue weighted by atomic mass is 35.5. The first-order chi connectivity index (χ1) is 15.7. The molecule has 0 aliphatic heterocycles. The molecule has 33 heavy (non-hydrogen) atoms. The smallest absolute Gasteiger partial charge is 0.265 e. The minimum Gasteiger partial charge on any atom is -0.479 e. The molecule has 0 aliphatic rings. The summed E-state index contributed by atoms with van der Waals surface area (Å²) in [7, 11) is 0. The van der Waals surface area contributed by atoms with Crippen LogP contribution in [-0.2, 0) is 10.2 Å². The van der Waals surface area contributed by atoms with Gasteiger partial charge >= 0.3 is 0 Å². The number of hydrogen-bond donors (Lipinski definition) is 2. The molecule has 2 N–H and O–H groups in total. The van der Waals surface area contributed by atoms with Crippen molar-refractivity contribution in [3.8, 4) is 5.75 Å². The molecule has 0 radical (unpaired) electrons. The van der Waals surface area contributed by atoms with E-state index in [4.69, 9.17) is 16.3 Å². The number of anilines is 2. The van der Waals surface area contributed by atoms with Crippen molar-refractivity contribution in [1.29, 1.82) is 0 Å². The quantitative estimate of drug-likeness (QED) is 0.409. The predicted octanol–water partition coefficient (Wildman–Crippen LogP) is 6.69. The van der Waals surface area contributed by atoms with Crippen molar-refractivity contribution in [2.45, 2.75) is 45.6 Å². The maximum atomic E-state index is 12.8. The first kappa shape index (κ1) is 24.3. The molecule has 0 saturated carbocycles. The lowest BCUT2D eigenvalue weighted by atomic mass is 9.87. The van der Waals surface area contributed by atoms with Crippen LogP contribution in [0.25, 0.3) is 0 Å². The Balaban J connectivity index is 1.65.